The molecule has 1 amide bonds. The fourth-order valence-electron chi connectivity index (χ4n) is 2.76. The quantitative estimate of drug-likeness (QED) is 0.477. The van der Waals surface area contributed by atoms with Crippen LogP contribution in [-0.4, -0.2) is 19.1 Å². The lowest BCUT2D eigenvalue weighted by Crippen LogP contribution is -2.22. The van der Waals surface area contributed by atoms with Crippen molar-refractivity contribution in [2.45, 2.75) is 27.0 Å². The van der Waals surface area contributed by atoms with Gasteiger partial charge >= 0.3 is 0 Å². The summed E-state index contributed by atoms with van der Waals surface area (Å²) in [6, 6.07) is 16.0. The van der Waals surface area contributed by atoms with E-state index in [1.807, 2.05) is 32.0 Å². The number of rotatable bonds is 10. The van der Waals surface area contributed by atoms with Crippen molar-refractivity contribution in [1.82, 2.24) is 5.32 Å². The Bertz CT molecular complexity index is 985. The molecule has 0 spiro atoms. The second kappa shape index (κ2) is 10.6. The summed E-state index contributed by atoms with van der Waals surface area (Å²) in [6.07, 6.45) is 0. The summed E-state index contributed by atoms with van der Waals surface area (Å²) >= 11 is 5.94. The van der Waals surface area contributed by atoms with Crippen LogP contribution in [0.4, 0.5) is 0 Å². The van der Waals surface area contributed by atoms with Gasteiger partial charge in [0.2, 0.25) is 0 Å². The lowest BCUT2D eigenvalue weighted by atomic mass is 10.2. The minimum atomic E-state index is -0.309. The molecule has 1 heterocycles. The number of carbonyl (C=O) groups is 1. The van der Waals surface area contributed by atoms with Gasteiger partial charge in [0.15, 0.2) is 17.3 Å². The number of ether oxygens (including phenoxy) is 3. The fraction of sp³-hybridized carbons (Fsp3) is 0.261. The average Bonchev–Trinajstić information content (AvgIpc) is 3.22. The van der Waals surface area contributed by atoms with Crippen LogP contribution in [-0.2, 0) is 13.2 Å². The van der Waals surface area contributed by atoms with E-state index in [0.717, 1.165) is 5.56 Å². The van der Waals surface area contributed by atoms with E-state index in [0.29, 0.717) is 47.8 Å². The van der Waals surface area contributed by atoms with Gasteiger partial charge < -0.3 is 23.9 Å². The highest BCUT2D eigenvalue weighted by Crippen LogP contribution is 2.28. The Hall–Kier alpha value is -3.12. The maximum Gasteiger partial charge on any atom is 0.287 e. The molecule has 2 aromatic carbocycles. The number of furan rings is 1. The second-order valence-corrected chi connectivity index (χ2v) is 6.78. The van der Waals surface area contributed by atoms with E-state index in [1.165, 1.54) is 0 Å². The van der Waals surface area contributed by atoms with Crippen molar-refractivity contribution in [3.63, 3.8) is 0 Å². The number of benzene rings is 2. The van der Waals surface area contributed by atoms with E-state index in [-0.39, 0.29) is 18.3 Å². The molecule has 158 valence electrons. The zero-order valence-corrected chi connectivity index (χ0v) is 17.7. The van der Waals surface area contributed by atoms with E-state index in [2.05, 4.69) is 5.32 Å². The zero-order chi connectivity index (χ0) is 21.3. The molecule has 0 saturated heterocycles. The van der Waals surface area contributed by atoms with E-state index >= 15 is 0 Å². The van der Waals surface area contributed by atoms with Gasteiger partial charge in [-0.2, -0.15) is 0 Å². The van der Waals surface area contributed by atoms with Crippen molar-refractivity contribution in [2.75, 3.05) is 13.2 Å². The van der Waals surface area contributed by atoms with Crippen molar-refractivity contribution in [3.8, 4) is 17.2 Å². The van der Waals surface area contributed by atoms with Crippen LogP contribution < -0.4 is 19.5 Å². The van der Waals surface area contributed by atoms with Gasteiger partial charge in [0.1, 0.15) is 18.1 Å². The van der Waals surface area contributed by atoms with Crippen molar-refractivity contribution in [2.24, 2.45) is 0 Å². The minimum absolute atomic E-state index is 0.199. The first-order chi connectivity index (χ1) is 14.6. The van der Waals surface area contributed by atoms with Crippen LogP contribution in [0.2, 0.25) is 5.02 Å². The Labute approximate surface area is 180 Å². The summed E-state index contributed by atoms with van der Waals surface area (Å²) < 4.78 is 22.4. The molecule has 0 radical (unpaired) electrons. The van der Waals surface area contributed by atoms with Gasteiger partial charge in [-0.25, -0.2) is 0 Å². The fourth-order valence-corrected chi connectivity index (χ4v) is 2.94. The maximum absolute atomic E-state index is 12.4. The van der Waals surface area contributed by atoms with E-state index in [4.69, 9.17) is 30.2 Å². The van der Waals surface area contributed by atoms with Gasteiger partial charge in [0, 0.05) is 11.6 Å². The Morgan fingerprint density at radius 2 is 1.77 bits per heavy atom. The molecule has 7 heteroatoms. The largest absolute Gasteiger partial charge is 0.490 e. The summed E-state index contributed by atoms with van der Waals surface area (Å²) in [6.45, 7) is 5.45. The van der Waals surface area contributed by atoms with Crippen LogP contribution in [0, 0.1) is 0 Å². The van der Waals surface area contributed by atoms with Gasteiger partial charge in [-0.15, -0.1) is 0 Å². The summed E-state index contributed by atoms with van der Waals surface area (Å²) in [7, 11) is 0. The predicted octanol–water partition coefficient (Wildman–Crippen LogP) is 5.24. The molecule has 0 aliphatic rings. The first-order valence-electron chi connectivity index (χ1n) is 9.72. The lowest BCUT2D eigenvalue weighted by Gasteiger charge is -2.12. The average molecular weight is 430 g/mol. The molecule has 1 N–H and O–H groups in total. The molecule has 30 heavy (non-hydrogen) atoms. The monoisotopic (exact) mass is 429 g/mol. The topological polar surface area (TPSA) is 69.9 Å². The Kier molecular flexibility index (Phi) is 7.63. The Balaban J connectivity index is 1.55. The van der Waals surface area contributed by atoms with E-state index in [9.17, 15) is 4.79 Å². The molecule has 0 fully saturated rings. The number of halogens is 1. The molecule has 6 nitrogen and oxygen atoms in total. The number of hydrogen-bond donors (Lipinski definition) is 1. The molecule has 0 aliphatic carbocycles. The highest BCUT2D eigenvalue weighted by Gasteiger charge is 2.13. The van der Waals surface area contributed by atoms with E-state index in [1.54, 1.807) is 36.4 Å². The molecule has 0 bridgehead atoms. The van der Waals surface area contributed by atoms with Crippen molar-refractivity contribution < 1.29 is 23.4 Å². The van der Waals surface area contributed by atoms with Crippen molar-refractivity contribution in [3.05, 3.63) is 76.7 Å². The van der Waals surface area contributed by atoms with Crippen LogP contribution in [0.1, 0.15) is 35.7 Å². The second-order valence-electron chi connectivity index (χ2n) is 6.34. The molecular formula is C23H24ClNO5. The zero-order valence-electron chi connectivity index (χ0n) is 16.9. The summed E-state index contributed by atoms with van der Waals surface area (Å²) in [5.74, 6) is 2.42. The summed E-state index contributed by atoms with van der Waals surface area (Å²) in [4.78, 5) is 12.4. The molecule has 0 unspecified atom stereocenters. The number of hydrogen-bond acceptors (Lipinski definition) is 5. The Morgan fingerprint density at radius 3 is 2.53 bits per heavy atom. The number of nitrogens with one attached hydrogen (secondary N) is 1. The Morgan fingerprint density at radius 1 is 0.967 bits per heavy atom. The van der Waals surface area contributed by atoms with Gasteiger partial charge in [0.05, 0.1) is 13.2 Å². The molecule has 3 rings (SSSR count). The predicted molar refractivity (Wildman–Crippen MR) is 114 cm³/mol. The van der Waals surface area contributed by atoms with Crippen molar-refractivity contribution in [1.29, 1.82) is 0 Å². The lowest BCUT2D eigenvalue weighted by molar-refractivity contribution is 0.0919. The minimum Gasteiger partial charge on any atom is -0.490 e. The maximum atomic E-state index is 12.4. The SMILES string of the molecule is CCOc1ccc(CNC(=O)c2ccc(COc3cccc(Cl)c3)o2)cc1OCC. The highest BCUT2D eigenvalue weighted by atomic mass is 35.5. The van der Waals surface area contributed by atoms with Crippen LogP contribution >= 0.6 is 11.6 Å². The molecule has 0 aliphatic heterocycles. The molecular weight excluding hydrogens is 406 g/mol. The molecule has 1 aromatic heterocycles. The standard InChI is InChI=1S/C23H24ClNO5/c1-3-27-20-10-8-16(12-22(20)28-4-2)14-25-23(26)21-11-9-19(30-21)15-29-18-7-5-6-17(24)13-18/h5-13H,3-4,14-15H2,1-2H3,(H,25,26). The third-order valence-corrected chi connectivity index (χ3v) is 4.36. The van der Waals surface area contributed by atoms with Crippen LogP contribution in [0.5, 0.6) is 17.2 Å². The number of carbonyl (C=O) groups excluding carboxylic acids is 1. The molecule has 0 saturated carbocycles. The molecule has 0 atom stereocenters. The van der Waals surface area contributed by atoms with Gasteiger partial charge in [0.25, 0.3) is 5.91 Å². The summed E-state index contributed by atoms with van der Waals surface area (Å²) in [5, 5.41) is 3.43. The van der Waals surface area contributed by atoms with Gasteiger partial charge in [-0.1, -0.05) is 23.7 Å². The molecule has 3 aromatic rings. The van der Waals surface area contributed by atoms with Crippen LogP contribution in [0.25, 0.3) is 0 Å². The first-order valence-corrected chi connectivity index (χ1v) is 10.1. The highest BCUT2D eigenvalue weighted by molar-refractivity contribution is 6.30. The van der Waals surface area contributed by atoms with Gasteiger partial charge in [-0.05, 0) is 61.9 Å². The summed E-state index contributed by atoms with van der Waals surface area (Å²) in [5.41, 5.74) is 0.895. The third-order valence-electron chi connectivity index (χ3n) is 4.12. The third kappa shape index (κ3) is 5.94. The smallest absolute Gasteiger partial charge is 0.287 e. The van der Waals surface area contributed by atoms with Crippen molar-refractivity contribution >= 4 is 17.5 Å². The number of amides is 1. The first kappa shape index (κ1) is 21.6. The van der Waals surface area contributed by atoms with Crippen LogP contribution in [0.15, 0.2) is 59.0 Å². The normalized spacial score (nSPS) is 10.5. The van der Waals surface area contributed by atoms with E-state index < -0.39 is 0 Å². The van der Waals surface area contributed by atoms with Crippen LogP contribution in [0.3, 0.4) is 0 Å². The van der Waals surface area contributed by atoms with Gasteiger partial charge in [-0.3, -0.25) is 4.79 Å².